The van der Waals surface area contributed by atoms with E-state index < -0.39 is 29.0 Å². The smallest absolute Gasteiger partial charge is 0.266 e. The number of benzene rings is 9. The lowest BCUT2D eigenvalue weighted by atomic mass is 9.78. The van der Waals surface area contributed by atoms with E-state index in [-0.39, 0.29) is 50.9 Å². The number of hydrogen-bond acceptors (Lipinski definition) is 9. The van der Waals surface area contributed by atoms with Gasteiger partial charge in [0.1, 0.15) is 34.5 Å². The first-order chi connectivity index (χ1) is 38.8. The number of carbonyl (C=O) groups is 6. The van der Waals surface area contributed by atoms with Crippen LogP contribution in [0.25, 0.3) is 0 Å². The summed E-state index contributed by atoms with van der Waals surface area (Å²) >= 11 is 0. The monoisotopic (exact) mass is 1070 g/mol. The summed E-state index contributed by atoms with van der Waals surface area (Å²) in [6.07, 6.45) is 0. The molecule has 0 aromatic heterocycles. The summed E-state index contributed by atoms with van der Waals surface area (Å²) in [6, 6.07) is 57.9. The number of para-hydroxylation sites is 1. The molecule has 6 amide bonds. The molecule has 3 heterocycles. The molecule has 0 spiro atoms. The molecule has 0 fully saturated rings. The predicted octanol–water partition coefficient (Wildman–Crippen LogP) is 15.0. The summed E-state index contributed by atoms with van der Waals surface area (Å²) < 4.78 is 18.6. The molecule has 12 rings (SSSR count). The molecule has 0 bridgehead atoms. The molecule has 12 nitrogen and oxygen atoms in total. The molecule has 0 atom stereocenters. The molecule has 0 aliphatic carbocycles. The zero-order valence-electron chi connectivity index (χ0n) is 45.5. The highest BCUT2D eigenvalue weighted by Crippen LogP contribution is 2.41. The van der Waals surface area contributed by atoms with E-state index in [2.05, 4.69) is 58.9 Å². The van der Waals surface area contributed by atoms with Crippen molar-refractivity contribution in [3.05, 3.63) is 266 Å². The second-order valence-electron chi connectivity index (χ2n) is 21.7. The maximum Gasteiger partial charge on any atom is 0.266 e. The van der Waals surface area contributed by atoms with Gasteiger partial charge in [0.2, 0.25) is 0 Å². The summed E-state index contributed by atoms with van der Waals surface area (Å²) in [7, 11) is 0. The largest absolute Gasteiger partial charge is 0.457 e. The third kappa shape index (κ3) is 9.00. The number of fused-ring (bicyclic) bond motifs is 3. The maximum absolute atomic E-state index is 14.1. The van der Waals surface area contributed by atoms with Crippen LogP contribution in [0.1, 0.15) is 129 Å². The van der Waals surface area contributed by atoms with Gasteiger partial charge in [0.25, 0.3) is 35.4 Å². The lowest BCUT2D eigenvalue weighted by Crippen LogP contribution is -2.31. The number of carbonyl (C=O) groups excluding carboxylic acids is 6. The Bertz CT molecular complexity index is 4100. The Morgan fingerprint density at radius 3 is 0.938 bits per heavy atom. The number of imide groups is 3. The summed E-state index contributed by atoms with van der Waals surface area (Å²) in [4.78, 5) is 86.1. The van der Waals surface area contributed by atoms with Crippen molar-refractivity contribution in [1.82, 2.24) is 0 Å². The molecule has 0 unspecified atom stereocenters. The highest BCUT2D eigenvalue weighted by molar-refractivity contribution is 6.37. The van der Waals surface area contributed by atoms with Crippen LogP contribution in [-0.2, 0) is 10.8 Å². The van der Waals surface area contributed by atoms with Gasteiger partial charge in [0, 0.05) is 10.8 Å². The average molecular weight is 1070 g/mol. The van der Waals surface area contributed by atoms with Crippen molar-refractivity contribution >= 4 is 52.5 Å². The summed E-state index contributed by atoms with van der Waals surface area (Å²) in [5.41, 5.74) is 8.80. The number of aryl methyl sites for hydroxylation is 3. The summed E-state index contributed by atoms with van der Waals surface area (Å²) in [5.74, 6) is -0.188. The van der Waals surface area contributed by atoms with Crippen molar-refractivity contribution in [2.75, 3.05) is 14.7 Å². The quantitative estimate of drug-likeness (QED) is 0.103. The first-order valence-electron chi connectivity index (χ1n) is 26.5. The van der Waals surface area contributed by atoms with E-state index in [4.69, 9.17) is 14.2 Å². The van der Waals surface area contributed by atoms with E-state index >= 15 is 0 Å². The van der Waals surface area contributed by atoms with Crippen LogP contribution in [0.2, 0.25) is 0 Å². The Morgan fingerprint density at radius 1 is 0.296 bits per heavy atom. The SMILES string of the molecule is Cc1ccc(C(C)(C)c2ccc(Oc3ccc4c(c3)C(=O)N(c3cccc(N5C(=O)c6ccc(Oc7ccc(C(C)(C)c8ccc(Oc9ccc%10c(c9)C(=O)N(c9c(C)cccc9C)C%10=O)cc8)cc7)cc6C5=O)c3)C4=O)cc2)cc1. The number of ether oxygens (including phenoxy) is 3. The van der Waals surface area contributed by atoms with Gasteiger partial charge in [-0.25, -0.2) is 14.7 Å². The second kappa shape index (κ2) is 19.6. The number of amides is 6. The molecule has 3 aliphatic heterocycles. The Labute approximate surface area is 468 Å². The van der Waals surface area contributed by atoms with Crippen LogP contribution in [-0.4, -0.2) is 35.4 Å². The topological polar surface area (TPSA) is 140 Å². The highest BCUT2D eigenvalue weighted by atomic mass is 16.5. The fourth-order valence-corrected chi connectivity index (χ4v) is 11.0. The van der Waals surface area contributed by atoms with Crippen LogP contribution in [0.3, 0.4) is 0 Å². The van der Waals surface area contributed by atoms with Crippen LogP contribution < -0.4 is 28.9 Å². The molecule has 398 valence electrons. The molecule has 9 aromatic carbocycles. The molecule has 12 heteroatoms. The first-order valence-corrected chi connectivity index (χ1v) is 26.5. The average Bonchev–Trinajstić information content (AvgIpc) is 4.05. The minimum Gasteiger partial charge on any atom is -0.457 e. The lowest BCUT2D eigenvalue weighted by Gasteiger charge is -2.26. The molecule has 0 radical (unpaired) electrons. The zero-order valence-corrected chi connectivity index (χ0v) is 45.5. The Morgan fingerprint density at radius 2 is 0.580 bits per heavy atom. The maximum atomic E-state index is 14.1. The standard InChI is InChI=1S/C69H53N3O9/c1-40-14-16-43(17-15-40)68(4,5)44-18-24-49(25-19-44)79-52-30-33-55-58(37-52)65(76)70(62(55)73)47-12-9-13-48(36-47)71-63(74)56-34-31-53(38-59(56)66(71)77)80-50-26-20-45(21-27-50)69(6,7)46-22-28-51(29-23-46)81-54-32-35-57-60(39-54)67(78)72(64(57)75)61-41(2)10-8-11-42(61)3/h8-39H,1-7H3. The van der Waals surface area contributed by atoms with Crippen molar-refractivity contribution < 1.29 is 43.0 Å². The lowest BCUT2D eigenvalue weighted by molar-refractivity contribution is 0.0909. The van der Waals surface area contributed by atoms with Crippen LogP contribution >= 0.6 is 0 Å². The van der Waals surface area contributed by atoms with Gasteiger partial charge in [-0.05, 0) is 163 Å². The summed E-state index contributed by atoms with van der Waals surface area (Å²) in [6.45, 7) is 14.4. The Hall–Kier alpha value is -10.2. The van der Waals surface area contributed by atoms with E-state index in [1.165, 1.54) is 28.2 Å². The minimum absolute atomic E-state index is 0.144. The Balaban J connectivity index is 0.686. The van der Waals surface area contributed by atoms with Gasteiger partial charge in [-0.2, -0.15) is 0 Å². The fraction of sp³-hybridized carbons (Fsp3) is 0.130. The van der Waals surface area contributed by atoms with Crippen molar-refractivity contribution in [3.63, 3.8) is 0 Å². The van der Waals surface area contributed by atoms with Crippen molar-refractivity contribution in [2.45, 2.75) is 59.3 Å². The molecule has 9 aromatic rings. The molecule has 81 heavy (non-hydrogen) atoms. The fourth-order valence-electron chi connectivity index (χ4n) is 11.0. The van der Waals surface area contributed by atoms with E-state index in [0.29, 0.717) is 51.3 Å². The van der Waals surface area contributed by atoms with E-state index in [1.807, 2.05) is 105 Å². The minimum atomic E-state index is -0.582. The van der Waals surface area contributed by atoms with Crippen LogP contribution in [0.4, 0.5) is 17.1 Å². The van der Waals surface area contributed by atoms with Gasteiger partial charge in [-0.15, -0.1) is 0 Å². The van der Waals surface area contributed by atoms with Gasteiger partial charge in [-0.1, -0.05) is 118 Å². The van der Waals surface area contributed by atoms with Crippen LogP contribution in [0.15, 0.2) is 194 Å². The number of nitrogens with zero attached hydrogens (tertiary/aromatic N) is 3. The molecule has 0 saturated carbocycles. The van der Waals surface area contributed by atoms with Crippen LogP contribution in [0.5, 0.6) is 34.5 Å². The first kappa shape index (κ1) is 51.6. The van der Waals surface area contributed by atoms with Gasteiger partial charge >= 0.3 is 0 Å². The highest BCUT2D eigenvalue weighted by Gasteiger charge is 2.41. The molecule has 3 aliphatic rings. The second-order valence-corrected chi connectivity index (χ2v) is 21.7. The zero-order chi connectivity index (χ0) is 56.6. The van der Waals surface area contributed by atoms with Crippen molar-refractivity contribution in [1.29, 1.82) is 0 Å². The van der Waals surface area contributed by atoms with E-state index in [1.54, 1.807) is 66.7 Å². The van der Waals surface area contributed by atoms with Crippen molar-refractivity contribution in [3.8, 4) is 34.5 Å². The summed E-state index contributed by atoms with van der Waals surface area (Å²) in [5, 5.41) is 0. The normalized spacial score (nSPS) is 13.9. The molecular formula is C69H53N3O9. The molecule has 0 saturated heterocycles. The number of anilines is 3. The van der Waals surface area contributed by atoms with Gasteiger partial charge in [0.15, 0.2) is 0 Å². The number of hydrogen-bond donors (Lipinski definition) is 0. The van der Waals surface area contributed by atoms with E-state index in [9.17, 15) is 28.8 Å². The van der Waals surface area contributed by atoms with E-state index in [0.717, 1.165) is 37.6 Å². The Kier molecular flexibility index (Phi) is 12.5. The third-order valence-electron chi connectivity index (χ3n) is 15.8. The molecular weight excluding hydrogens is 1010 g/mol. The molecule has 0 N–H and O–H groups in total. The van der Waals surface area contributed by atoms with Gasteiger partial charge < -0.3 is 14.2 Å². The third-order valence-corrected chi connectivity index (χ3v) is 15.8. The predicted molar refractivity (Wildman–Crippen MR) is 310 cm³/mol. The number of rotatable bonds is 13. The van der Waals surface area contributed by atoms with Crippen LogP contribution in [0, 0.1) is 20.8 Å². The van der Waals surface area contributed by atoms with Gasteiger partial charge in [-0.3, -0.25) is 28.8 Å². The van der Waals surface area contributed by atoms with Crippen molar-refractivity contribution in [2.24, 2.45) is 0 Å². The van der Waals surface area contributed by atoms with Gasteiger partial charge in [0.05, 0.1) is 50.4 Å².